The third-order valence-electron chi connectivity index (χ3n) is 6.99. The van der Waals surface area contributed by atoms with Gasteiger partial charge in [0, 0.05) is 23.7 Å². The zero-order valence-electron chi connectivity index (χ0n) is 15.3. The molecule has 1 spiro atoms. The van der Waals surface area contributed by atoms with Gasteiger partial charge >= 0.3 is 5.97 Å². The number of ketones is 2. The van der Waals surface area contributed by atoms with Crippen molar-refractivity contribution in [2.75, 3.05) is 6.61 Å². The number of esters is 1. The van der Waals surface area contributed by atoms with Gasteiger partial charge in [0.15, 0.2) is 0 Å². The smallest absolute Gasteiger partial charge is 0.317 e. The summed E-state index contributed by atoms with van der Waals surface area (Å²) >= 11 is 0. The molecule has 140 valence electrons. The highest BCUT2D eigenvalue weighted by atomic mass is 16.5. The molecule has 6 nitrogen and oxygen atoms in total. The Kier molecular flexibility index (Phi) is 3.55. The van der Waals surface area contributed by atoms with E-state index < -0.39 is 35.0 Å². The molecule has 0 aromatic carbocycles. The fourth-order valence-electron chi connectivity index (χ4n) is 5.71. The first-order chi connectivity index (χ1) is 12.2. The van der Waals surface area contributed by atoms with Gasteiger partial charge in [-0.2, -0.15) is 0 Å². The van der Waals surface area contributed by atoms with Crippen molar-refractivity contribution < 1.29 is 29.3 Å². The predicted molar refractivity (Wildman–Crippen MR) is 91.0 cm³/mol. The molecule has 0 aromatic rings. The van der Waals surface area contributed by atoms with Crippen molar-refractivity contribution in [2.45, 2.75) is 52.6 Å². The third-order valence-corrected chi connectivity index (χ3v) is 6.99. The maximum Gasteiger partial charge on any atom is 0.317 e. The zero-order valence-corrected chi connectivity index (χ0v) is 15.3. The number of ether oxygens (including phenoxy) is 1. The van der Waals surface area contributed by atoms with Gasteiger partial charge in [0.1, 0.15) is 17.3 Å². The number of Topliss-reactive ketones (excluding diaryl/α,β-unsaturated/α-hetero) is 2. The highest BCUT2D eigenvalue weighted by Crippen LogP contribution is 2.64. The van der Waals surface area contributed by atoms with E-state index in [9.17, 15) is 24.6 Å². The molecule has 0 amide bonds. The zero-order chi connectivity index (χ0) is 19.0. The fourth-order valence-corrected chi connectivity index (χ4v) is 5.71. The molecular formula is C20H24O6. The van der Waals surface area contributed by atoms with Gasteiger partial charge in [-0.15, -0.1) is 0 Å². The van der Waals surface area contributed by atoms with E-state index >= 15 is 0 Å². The Morgan fingerprint density at radius 1 is 1.19 bits per heavy atom. The van der Waals surface area contributed by atoms with Crippen LogP contribution in [0.5, 0.6) is 0 Å². The summed E-state index contributed by atoms with van der Waals surface area (Å²) in [4.78, 5) is 38.8. The number of hydrogen-bond acceptors (Lipinski definition) is 6. The Balaban J connectivity index is 2.00. The van der Waals surface area contributed by atoms with Crippen LogP contribution in [0.1, 0.15) is 46.5 Å². The molecule has 2 fully saturated rings. The molecule has 2 aliphatic heterocycles. The molecule has 4 atom stereocenters. The number of aliphatic hydroxyl groups excluding tert-OH is 2. The third kappa shape index (κ3) is 1.88. The van der Waals surface area contributed by atoms with E-state index in [0.717, 1.165) is 12.8 Å². The average molecular weight is 360 g/mol. The van der Waals surface area contributed by atoms with Crippen LogP contribution in [0, 0.1) is 22.7 Å². The van der Waals surface area contributed by atoms with E-state index in [0.29, 0.717) is 18.4 Å². The Morgan fingerprint density at radius 2 is 1.88 bits per heavy atom. The van der Waals surface area contributed by atoms with Crippen molar-refractivity contribution in [2.24, 2.45) is 22.7 Å². The summed E-state index contributed by atoms with van der Waals surface area (Å²) in [5, 5.41) is 20.2. The molecule has 2 N–H and O–H groups in total. The van der Waals surface area contributed by atoms with Gasteiger partial charge in [-0.25, -0.2) is 0 Å². The first kappa shape index (κ1) is 17.5. The molecule has 1 saturated carbocycles. The van der Waals surface area contributed by atoms with Crippen LogP contribution in [0.2, 0.25) is 0 Å². The number of aliphatic hydroxyl groups is 2. The van der Waals surface area contributed by atoms with Crippen LogP contribution >= 0.6 is 0 Å². The normalized spacial score (nSPS) is 36.7. The van der Waals surface area contributed by atoms with Crippen molar-refractivity contribution in [3.63, 3.8) is 0 Å². The van der Waals surface area contributed by atoms with E-state index in [1.807, 2.05) is 0 Å². The van der Waals surface area contributed by atoms with Gasteiger partial charge < -0.3 is 14.9 Å². The molecule has 5 aliphatic rings. The van der Waals surface area contributed by atoms with Crippen molar-refractivity contribution in [1.29, 1.82) is 0 Å². The second kappa shape index (κ2) is 5.28. The molecule has 1 saturated heterocycles. The minimum absolute atomic E-state index is 0.0668. The summed E-state index contributed by atoms with van der Waals surface area (Å²) in [5.41, 5.74) is -0.892. The van der Waals surface area contributed by atoms with E-state index in [1.54, 1.807) is 6.92 Å². The maximum absolute atomic E-state index is 13.1. The molecule has 2 heterocycles. The Labute approximate surface area is 151 Å². The summed E-state index contributed by atoms with van der Waals surface area (Å²) in [6, 6.07) is 0. The second-order valence-electron chi connectivity index (χ2n) is 8.79. The lowest BCUT2D eigenvalue weighted by Crippen LogP contribution is -2.62. The molecule has 0 unspecified atom stereocenters. The Bertz CT molecular complexity index is 801. The van der Waals surface area contributed by atoms with Crippen LogP contribution in [0.25, 0.3) is 0 Å². The lowest BCUT2D eigenvalue weighted by atomic mass is 9.46. The molecule has 26 heavy (non-hydrogen) atoms. The summed E-state index contributed by atoms with van der Waals surface area (Å²) in [7, 11) is 0. The Hall–Kier alpha value is -1.95. The van der Waals surface area contributed by atoms with Crippen LogP contribution in [-0.4, -0.2) is 40.5 Å². The van der Waals surface area contributed by atoms with Crippen LogP contribution in [0.3, 0.4) is 0 Å². The number of hydrogen-bond donors (Lipinski definition) is 2. The monoisotopic (exact) mass is 360 g/mol. The first-order valence-corrected chi connectivity index (χ1v) is 9.26. The molecule has 3 aliphatic carbocycles. The minimum Gasteiger partial charge on any atom is -0.507 e. The van der Waals surface area contributed by atoms with Crippen molar-refractivity contribution >= 4 is 17.5 Å². The van der Waals surface area contributed by atoms with Crippen molar-refractivity contribution in [3.05, 3.63) is 22.5 Å². The van der Waals surface area contributed by atoms with Crippen LogP contribution in [0.4, 0.5) is 0 Å². The van der Waals surface area contributed by atoms with Crippen LogP contribution in [0.15, 0.2) is 22.5 Å². The van der Waals surface area contributed by atoms with Gasteiger partial charge in [-0.05, 0) is 30.6 Å². The number of carbonyl (C=O) groups excluding carboxylic acids is 3. The van der Waals surface area contributed by atoms with Crippen LogP contribution < -0.4 is 0 Å². The Morgan fingerprint density at radius 3 is 2.54 bits per heavy atom. The van der Waals surface area contributed by atoms with Crippen LogP contribution in [-0.2, 0) is 19.1 Å². The largest absolute Gasteiger partial charge is 0.507 e. The lowest BCUT2D eigenvalue weighted by molar-refractivity contribution is -0.189. The predicted octanol–water partition coefficient (Wildman–Crippen LogP) is 2.02. The average Bonchev–Trinajstić information content (AvgIpc) is 2.58. The molecule has 0 aromatic heterocycles. The summed E-state index contributed by atoms with van der Waals surface area (Å²) < 4.78 is 5.61. The van der Waals surface area contributed by atoms with E-state index in [1.165, 1.54) is 0 Å². The van der Waals surface area contributed by atoms with Gasteiger partial charge in [0.2, 0.25) is 11.6 Å². The molecular weight excluding hydrogens is 336 g/mol. The molecule has 2 bridgehead atoms. The first-order valence-electron chi connectivity index (χ1n) is 9.26. The standard InChI is InChI=1S/C20H24O6/c1-9(8-21)12-15(22)13-10-7-11-19(2,3)5-4-6-20(11,18(25)26-10)14(13)17(24)16(12)23/h9-11,21-22H,4-8H2,1-3H3/t9-,10-,11-,20+/m0/s1. The SMILES string of the molecule is C[C@@H](CO)C1=C(O)C2=C(C(=O)C1=O)[C@@]13CCCC(C)(C)[C@@H]1C[C@@H]2OC3=O. The highest BCUT2D eigenvalue weighted by molar-refractivity contribution is 6.51. The lowest BCUT2D eigenvalue weighted by Gasteiger charge is -2.59. The molecule has 0 radical (unpaired) electrons. The number of rotatable bonds is 2. The van der Waals surface area contributed by atoms with E-state index in [4.69, 9.17) is 4.74 Å². The van der Waals surface area contributed by atoms with Crippen molar-refractivity contribution in [3.8, 4) is 0 Å². The number of fused-ring (bicyclic) bond motifs is 1. The maximum atomic E-state index is 13.1. The minimum atomic E-state index is -1.14. The van der Waals surface area contributed by atoms with E-state index in [-0.39, 0.29) is 34.8 Å². The summed E-state index contributed by atoms with van der Waals surface area (Å²) in [6.45, 7) is 5.42. The highest BCUT2D eigenvalue weighted by Gasteiger charge is 2.68. The van der Waals surface area contributed by atoms with Gasteiger partial charge in [0.05, 0.1) is 5.57 Å². The van der Waals surface area contributed by atoms with Crippen molar-refractivity contribution in [1.82, 2.24) is 0 Å². The second-order valence-corrected chi connectivity index (χ2v) is 8.79. The fraction of sp³-hybridized carbons (Fsp3) is 0.650. The number of carbonyl (C=O) groups is 3. The van der Waals surface area contributed by atoms with Gasteiger partial charge in [-0.3, -0.25) is 14.4 Å². The molecule has 5 rings (SSSR count). The quantitative estimate of drug-likeness (QED) is 0.444. The van der Waals surface area contributed by atoms with Gasteiger partial charge in [0.25, 0.3) is 0 Å². The summed E-state index contributed by atoms with van der Waals surface area (Å²) in [6.07, 6.45) is 2.00. The van der Waals surface area contributed by atoms with E-state index in [2.05, 4.69) is 13.8 Å². The molecule has 6 heteroatoms. The van der Waals surface area contributed by atoms with Gasteiger partial charge in [-0.1, -0.05) is 27.2 Å². The topological polar surface area (TPSA) is 101 Å². The summed E-state index contributed by atoms with van der Waals surface area (Å²) in [5.74, 6) is -2.97.